The van der Waals surface area contributed by atoms with Gasteiger partial charge in [-0.15, -0.1) is 0 Å². The number of likely N-dealkylation sites (tertiary alicyclic amines) is 2. The van der Waals surface area contributed by atoms with Gasteiger partial charge in [0.15, 0.2) is 0 Å². The number of carboxylic acids is 1. The van der Waals surface area contributed by atoms with Gasteiger partial charge in [-0.2, -0.15) is 13.2 Å². The zero-order chi connectivity index (χ0) is 24.1. The van der Waals surface area contributed by atoms with Crippen LogP contribution in [0.25, 0.3) is 0 Å². The number of hydrogen-bond acceptors (Lipinski definition) is 5. The maximum atomic E-state index is 12.9. The van der Waals surface area contributed by atoms with E-state index in [2.05, 4.69) is 16.0 Å². The van der Waals surface area contributed by atoms with E-state index in [1.807, 2.05) is 19.1 Å². The van der Waals surface area contributed by atoms with E-state index in [1.165, 1.54) is 0 Å². The van der Waals surface area contributed by atoms with Crippen molar-refractivity contribution in [1.29, 1.82) is 0 Å². The fourth-order valence-electron chi connectivity index (χ4n) is 3.87. The molecule has 2 fully saturated rings. The molecule has 2 aliphatic heterocycles. The van der Waals surface area contributed by atoms with E-state index in [4.69, 9.17) is 9.90 Å². The standard InChI is InChI=1S/C19H28N4O2.C2HF3O2/c1-15-5-4-6-16(20-15)13-22-10-7-19(8-11-22)9-12-23(18(19)25)14-17(24)21(2)3;3-2(4,5)1(6)7/h4-6H,7-14H2,1-3H3;(H,6,7). The summed E-state index contributed by atoms with van der Waals surface area (Å²) in [5.41, 5.74) is 1.88. The van der Waals surface area contributed by atoms with Crippen molar-refractivity contribution in [3.8, 4) is 0 Å². The molecule has 1 aromatic rings. The van der Waals surface area contributed by atoms with Crippen LogP contribution in [0.1, 0.15) is 30.7 Å². The Labute approximate surface area is 185 Å². The molecule has 3 heterocycles. The quantitative estimate of drug-likeness (QED) is 0.741. The smallest absolute Gasteiger partial charge is 0.475 e. The van der Waals surface area contributed by atoms with E-state index in [9.17, 15) is 22.8 Å². The van der Waals surface area contributed by atoms with Gasteiger partial charge in [0.2, 0.25) is 11.8 Å². The van der Waals surface area contributed by atoms with Gasteiger partial charge in [0, 0.05) is 32.9 Å². The van der Waals surface area contributed by atoms with Gasteiger partial charge in [0.25, 0.3) is 0 Å². The first kappa shape index (κ1) is 25.6. The molecule has 1 aromatic heterocycles. The highest BCUT2D eigenvalue weighted by Crippen LogP contribution is 2.41. The lowest BCUT2D eigenvalue weighted by Gasteiger charge is -2.37. The first-order valence-electron chi connectivity index (χ1n) is 10.3. The molecule has 32 heavy (non-hydrogen) atoms. The fraction of sp³-hybridized carbons (Fsp3) is 0.619. The van der Waals surface area contributed by atoms with Crippen molar-refractivity contribution in [1.82, 2.24) is 19.7 Å². The van der Waals surface area contributed by atoms with Crippen LogP contribution in [-0.4, -0.2) is 89.0 Å². The van der Waals surface area contributed by atoms with Gasteiger partial charge in [0.05, 0.1) is 17.7 Å². The predicted molar refractivity (Wildman–Crippen MR) is 109 cm³/mol. The molecular weight excluding hydrogens is 429 g/mol. The Morgan fingerprint density at radius 3 is 2.22 bits per heavy atom. The van der Waals surface area contributed by atoms with Crippen molar-refractivity contribution in [2.24, 2.45) is 5.41 Å². The number of carboxylic acid groups (broad SMARTS) is 1. The van der Waals surface area contributed by atoms with Crippen LogP contribution in [0, 0.1) is 12.3 Å². The van der Waals surface area contributed by atoms with Crippen molar-refractivity contribution in [3.05, 3.63) is 29.6 Å². The molecule has 8 nitrogen and oxygen atoms in total. The van der Waals surface area contributed by atoms with Crippen LogP contribution in [-0.2, 0) is 20.9 Å². The summed E-state index contributed by atoms with van der Waals surface area (Å²) in [6, 6.07) is 6.12. The third-order valence-electron chi connectivity index (χ3n) is 5.81. The highest BCUT2D eigenvalue weighted by atomic mass is 19.4. The largest absolute Gasteiger partial charge is 0.490 e. The third kappa shape index (κ3) is 6.65. The van der Waals surface area contributed by atoms with E-state index in [0.717, 1.165) is 50.3 Å². The lowest BCUT2D eigenvalue weighted by molar-refractivity contribution is -0.192. The van der Waals surface area contributed by atoms with Crippen molar-refractivity contribution in [2.75, 3.05) is 40.3 Å². The molecule has 2 aliphatic rings. The van der Waals surface area contributed by atoms with Crippen molar-refractivity contribution >= 4 is 17.8 Å². The Morgan fingerprint density at radius 1 is 1.16 bits per heavy atom. The van der Waals surface area contributed by atoms with E-state index >= 15 is 0 Å². The molecule has 2 amide bonds. The molecule has 0 aromatic carbocycles. The van der Waals surface area contributed by atoms with Gasteiger partial charge >= 0.3 is 12.1 Å². The molecular formula is C21H29F3N4O4. The number of aryl methyl sites for hydroxylation is 1. The van der Waals surface area contributed by atoms with Crippen molar-refractivity contribution in [3.63, 3.8) is 0 Å². The number of aliphatic carboxylic acids is 1. The third-order valence-corrected chi connectivity index (χ3v) is 5.81. The number of rotatable bonds is 4. The number of hydrogen-bond donors (Lipinski definition) is 1. The fourth-order valence-corrected chi connectivity index (χ4v) is 3.87. The first-order valence-corrected chi connectivity index (χ1v) is 10.3. The summed E-state index contributed by atoms with van der Waals surface area (Å²) in [6.45, 7) is 5.60. The summed E-state index contributed by atoms with van der Waals surface area (Å²) in [7, 11) is 3.47. The number of aromatic nitrogens is 1. The number of carbonyl (C=O) groups is 3. The van der Waals surface area contributed by atoms with Gasteiger partial charge < -0.3 is 14.9 Å². The molecule has 178 valence electrons. The Bertz CT molecular complexity index is 837. The Hall–Kier alpha value is -2.69. The SMILES string of the molecule is Cc1cccc(CN2CCC3(CC2)CCN(CC(=O)N(C)C)C3=O)n1.O=C(O)C(F)(F)F. The van der Waals surface area contributed by atoms with Crippen LogP contribution in [0.5, 0.6) is 0 Å². The highest BCUT2D eigenvalue weighted by Gasteiger charge is 2.48. The summed E-state index contributed by atoms with van der Waals surface area (Å²) in [6.07, 6.45) is -2.45. The number of nitrogens with zero attached hydrogens (tertiary/aromatic N) is 4. The second-order valence-electron chi connectivity index (χ2n) is 8.39. The summed E-state index contributed by atoms with van der Waals surface area (Å²) < 4.78 is 31.7. The minimum Gasteiger partial charge on any atom is -0.475 e. The van der Waals surface area contributed by atoms with Crippen LogP contribution in [0.3, 0.4) is 0 Å². The maximum Gasteiger partial charge on any atom is 0.490 e. The Balaban J connectivity index is 0.000000451. The summed E-state index contributed by atoms with van der Waals surface area (Å²) in [5, 5.41) is 7.12. The lowest BCUT2D eigenvalue weighted by Crippen LogP contribution is -2.46. The average Bonchev–Trinajstić information content (AvgIpc) is 2.99. The minimum absolute atomic E-state index is 0.00615. The van der Waals surface area contributed by atoms with Crippen LogP contribution in [0.2, 0.25) is 0 Å². The molecule has 0 radical (unpaired) electrons. The number of alkyl halides is 3. The molecule has 1 spiro atoms. The Morgan fingerprint density at radius 2 is 1.72 bits per heavy atom. The van der Waals surface area contributed by atoms with Crippen molar-refractivity contribution < 1.29 is 32.7 Å². The van der Waals surface area contributed by atoms with E-state index in [1.54, 1.807) is 23.9 Å². The highest BCUT2D eigenvalue weighted by molar-refractivity contribution is 5.89. The zero-order valence-electron chi connectivity index (χ0n) is 18.5. The monoisotopic (exact) mass is 458 g/mol. The second kappa shape index (κ2) is 10.3. The summed E-state index contributed by atoms with van der Waals surface area (Å²) >= 11 is 0. The molecule has 3 rings (SSSR count). The maximum absolute atomic E-state index is 12.9. The number of halogens is 3. The number of carbonyl (C=O) groups excluding carboxylic acids is 2. The van der Waals surface area contributed by atoms with E-state index in [0.29, 0.717) is 6.54 Å². The van der Waals surface area contributed by atoms with Crippen LogP contribution >= 0.6 is 0 Å². The number of likely N-dealkylation sites (N-methyl/N-ethyl adjacent to an activating group) is 1. The topological polar surface area (TPSA) is 94.0 Å². The van der Waals surface area contributed by atoms with Crippen molar-refractivity contribution in [2.45, 2.75) is 38.9 Å². The van der Waals surface area contributed by atoms with Crippen LogP contribution in [0.15, 0.2) is 18.2 Å². The molecule has 0 aliphatic carbocycles. The van der Waals surface area contributed by atoms with Gasteiger partial charge in [-0.25, -0.2) is 4.79 Å². The predicted octanol–water partition coefficient (Wildman–Crippen LogP) is 1.93. The van der Waals surface area contributed by atoms with E-state index < -0.39 is 12.1 Å². The van der Waals surface area contributed by atoms with E-state index in [-0.39, 0.29) is 23.8 Å². The minimum atomic E-state index is -5.08. The molecule has 1 N–H and O–H groups in total. The molecule has 0 unspecified atom stereocenters. The number of amides is 2. The summed E-state index contributed by atoms with van der Waals surface area (Å²) in [5.74, 6) is -2.59. The molecule has 0 saturated carbocycles. The number of piperidine rings is 1. The first-order chi connectivity index (χ1) is 14.8. The Kier molecular flexibility index (Phi) is 8.22. The molecule has 0 atom stereocenters. The normalized spacial score (nSPS) is 18.3. The molecule has 2 saturated heterocycles. The lowest BCUT2D eigenvalue weighted by atomic mass is 9.77. The van der Waals surface area contributed by atoms with Crippen LogP contribution < -0.4 is 0 Å². The van der Waals surface area contributed by atoms with Gasteiger partial charge in [-0.1, -0.05) is 6.07 Å². The average molecular weight is 458 g/mol. The zero-order valence-corrected chi connectivity index (χ0v) is 18.5. The molecule has 0 bridgehead atoms. The second-order valence-corrected chi connectivity index (χ2v) is 8.39. The number of pyridine rings is 1. The van der Waals surface area contributed by atoms with Gasteiger partial charge in [-0.05, 0) is 51.4 Å². The molecule has 11 heteroatoms. The van der Waals surface area contributed by atoms with Crippen LogP contribution in [0.4, 0.5) is 13.2 Å². The van der Waals surface area contributed by atoms with Gasteiger partial charge in [-0.3, -0.25) is 19.5 Å². The summed E-state index contributed by atoms with van der Waals surface area (Å²) in [4.78, 5) is 43.9. The van der Waals surface area contributed by atoms with Gasteiger partial charge in [0.1, 0.15) is 0 Å².